The van der Waals surface area contributed by atoms with Crippen LogP contribution in [0.25, 0.3) is 0 Å². The minimum Gasteiger partial charge on any atom is -0.248 e. The second kappa shape index (κ2) is 4.71. The van der Waals surface area contributed by atoms with Gasteiger partial charge >= 0.3 is 0 Å². The van der Waals surface area contributed by atoms with Crippen LogP contribution in [0.2, 0.25) is 0 Å². The summed E-state index contributed by atoms with van der Waals surface area (Å²) in [7, 11) is -3.13. The van der Waals surface area contributed by atoms with E-state index in [-0.39, 0.29) is 11.6 Å². The molecule has 0 aromatic carbocycles. The molecule has 0 saturated heterocycles. The van der Waals surface area contributed by atoms with E-state index < -0.39 is 14.6 Å². The monoisotopic (exact) mass is 265 g/mol. The molecule has 1 aromatic heterocycles. The summed E-state index contributed by atoms with van der Waals surface area (Å²) >= 11 is 5.64. The molecule has 0 N–H and O–H groups in total. The third kappa shape index (κ3) is 2.95. The van der Waals surface area contributed by atoms with E-state index in [9.17, 15) is 8.42 Å². The Balaban J connectivity index is 2.73. The van der Waals surface area contributed by atoms with Crippen molar-refractivity contribution in [1.29, 1.82) is 0 Å². The van der Waals surface area contributed by atoms with Crippen molar-refractivity contribution in [2.45, 2.75) is 37.9 Å². The van der Waals surface area contributed by atoms with Gasteiger partial charge in [-0.25, -0.2) is 18.1 Å². The van der Waals surface area contributed by atoms with Gasteiger partial charge in [0.15, 0.2) is 9.84 Å². The lowest BCUT2D eigenvalue weighted by Crippen LogP contribution is -2.32. The minimum atomic E-state index is -3.13. The summed E-state index contributed by atoms with van der Waals surface area (Å²) in [6.07, 6.45) is 1.38. The first-order chi connectivity index (χ1) is 7.28. The first kappa shape index (κ1) is 13.4. The van der Waals surface area contributed by atoms with Gasteiger partial charge in [-0.2, -0.15) is 5.10 Å². The molecule has 16 heavy (non-hydrogen) atoms. The smallest absolute Gasteiger partial charge is 0.157 e. The Bertz CT molecular complexity index is 448. The molecule has 0 radical (unpaired) electrons. The largest absolute Gasteiger partial charge is 0.248 e. The summed E-state index contributed by atoms with van der Waals surface area (Å²) < 4.78 is 24.5. The van der Waals surface area contributed by atoms with E-state index in [1.54, 1.807) is 20.8 Å². The summed E-state index contributed by atoms with van der Waals surface area (Å²) in [5.74, 6) is 0.866. The molecule has 0 aliphatic rings. The van der Waals surface area contributed by atoms with Gasteiger partial charge in [0.2, 0.25) is 0 Å². The second-order valence-electron chi connectivity index (χ2n) is 4.46. The highest BCUT2D eigenvalue weighted by atomic mass is 35.5. The van der Waals surface area contributed by atoms with Gasteiger partial charge in [-0.05, 0) is 20.8 Å². The molecule has 0 unspecified atom stereocenters. The number of rotatable bonds is 4. The summed E-state index contributed by atoms with van der Waals surface area (Å²) in [5, 5.41) is 3.93. The number of hydrogen-bond acceptors (Lipinski definition) is 4. The summed E-state index contributed by atoms with van der Waals surface area (Å²) in [4.78, 5) is 3.92. The van der Waals surface area contributed by atoms with Crippen molar-refractivity contribution in [3.05, 3.63) is 12.2 Å². The number of alkyl halides is 1. The molecule has 0 saturated carbocycles. The molecule has 0 fully saturated rings. The van der Waals surface area contributed by atoms with E-state index in [1.807, 2.05) is 0 Å². The molecule has 1 aromatic rings. The molecule has 5 nitrogen and oxygen atoms in total. The van der Waals surface area contributed by atoms with Crippen LogP contribution in [-0.4, -0.2) is 33.7 Å². The molecule has 0 aliphatic heterocycles. The maximum atomic E-state index is 11.9. The van der Waals surface area contributed by atoms with E-state index >= 15 is 0 Å². The lowest BCUT2D eigenvalue weighted by molar-refractivity contribution is 0.545. The van der Waals surface area contributed by atoms with Gasteiger partial charge in [-0.15, -0.1) is 11.6 Å². The van der Waals surface area contributed by atoms with Crippen LogP contribution in [-0.2, 0) is 22.3 Å². The fraction of sp³-hybridized carbons (Fsp3) is 0.778. The minimum absolute atomic E-state index is 0.0454. The number of sulfone groups is 1. The lowest BCUT2D eigenvalue weighted by Gasteiger charge is -2.19. The molecule has 0 amide bonds. The average Bonchev–Trinajstić information content (AvgIpc) is 2.60. The van der Waals surface area contributed by atoms with E-state index in [0.29, 0.717) is 12.4 Å². The van der Waals surface area contributed by atoms with Crippen molar-refractivity contribution in [3.63, 3.8) is 0 Å². The highest BCUT2D eigenvalue weighted by Gasteiger charge is 2.28. The molecule has 0 atom stereocenters. The zero-order chi connectivity index (χ0) is 12.4. The standard InChI is InChI=1S/C9H16ClN3O2S/c1-9(2,3)16(14,15)5-4-13-8(6-10)11-7-12-13/h7H,4-6H2,1-3H3. The molecule has 7 heteroatoms. The highest BCUT2D eigenvalue weighted by Crippen LogP contribution is 2.16. The third-order valence-electron chi connectivity index (χ3n) is 2.32. The summed E-state index contributed by atoms with van der Waals surface area (Å²) in [6, 6.07) is 0. The number of halogens is 1. The van der Waals surface area contributed by atoms with Crippen LogP contribution in [0.3, 0.4) is 0 Å². The molecule has 92 valence electrons. The lowest BCUT2D eigenvalue weighted by atomic mass is 10.3. The van der Waals surface area contributed by atoms with E-state index in [0.717, 1.165) is 0 Å². The van der Waals surface area contributed by atoms with Crippen molar-refractivity contribution < 1.29 is 8.42 Å². The quantitative estimate of drug-likeness (QED) is 0.768. The van der Waals surface area contributed by atoms with Gasteiger partial charge in [0.05, 0.1) is 22.9 Å². The van der Waals surface area contributed by atoms with E-state index in [1.165, 1.54) is 11.0 Å². The maximum absolute atomic E-state index is 11.9. The topological polar surface area (TPSA) is 64.8 Å². The van der Waals surface area contributed by atoms with Crippen molar-refractivity contribution in [2.24, 2.45) is 0 Å². The average molecular weight is 266 g/mol. The first-order valence-corrected chi connectivity index (χ1v) is 7.11. The normalized spacial score (nSPS) is 13.0. The SMILES string of the molecule is CC(C)(C)S(=O)(=O)CCn1ncnc1CCl. The predicted octanol–water partition coefficient (Wildman–Crippen LogP) is 1.23. The van der Waals surface area contributed by atoms with Crippen molar-refractivity contribution in [2.75, 3.05) is 5.75 Å². The van der Waals surface area contributed by atoms with E-state index in [2.05, 4.69) is 10.1 Å². The van der Waals surface area contributed by atoms with Crippen molar-refractivity contribution in [3.8, 4) is 0 Å². The molecular weight excluding hydrogens is 250 g/mol. The van der Waals surface area contributed by atoms with Crippen LogP contribution in [0.5, 0.6) is 0 Å². The Morgan fingerprint density at radius 1 is 1.44 bits per heavy atom. The first-order valence-electron chi connectivity index (χ1n) is 4.93. The van der Waals surface area contributed by atoms with Crippen molar-refractivity contribution >= 4 is 21.4 Å². The number of aryl methyl sites for hydroxylation is 1. The maximum Gasteiger partial charge on any atom is 0.157 e. The molecule has 1 heterocycles. The Morgan fingerprint density at radius 2 is 2.06 bits per heavy atom. The van der Waals surface area contributed by atoms with Gasteiger partial charge in [0.25, 0.3) is 0 Å². The Kier molecular flexibility index (Phi) is 3.96. The zero-order valence-corrected chi connectivity index (χ0v) is 11.2. The van der Waals surface area contributed by atoms with Crippen LogP contribution in [0, 0.1) is 0 Å². The summed E-state index contributed by atoms with van der Waals surface area (Å²) in [6.45, 7) is 5.35. The fourth-order valence-corrected chi connectivity index (χ4v) is 2.32. The zero-order valence-electron chi connectivity index (χ0n) is 9.64. The molecular formula is C9H16ClN3O2S. The fourth-order valence-electron chi connectivity index (χ4n) is 1.09. The Morgan fingerprint density at radius 3 is 2.56 bits per heavy atom. The van der Waals surface area contributed by atoms with Gasteiger partial charge in [-0.1, -0.05) is 0 Å². The molecule has 1 rings (SSSR count). The Hall–Kier alpha value is -0.620. The van der Waals surface area contributed by atoms with Gasteiger partial charge < -0.3 is 0 Å². The molecule has 0 spiro atoms. The van der Waals surface area contributed by atoms with Gasteiger partial charge in [0.1, 0.15) is 12.2 Å². The number of nitrogens with zero attached hydrogens (tertiary/aromatic N) is 3. The Labute approximate surface area is 101 Å². The van der Waals surface area contributed by atoms with Crippen LogP contribution in [0.1, 0.15) is 26.6 Å². The predicted molar refractivity (Wildman–Crippen MR) is 63.1 cm³/mol. The highest BCUT2D eigenvalue weighted by molar-refractivity contribution is 7.92. The van der Waals surface area contributed by atoms with E-state index in [4.69, 9.17) is 11.6 Å². The van der Waals surface area contributed by atoms with Crippen LogP contribution in [0.15, 0.2) is 6.33 Å². The van der Waals surface area contributed by atoms with Gasteiger partial charge in [0, 0.05) is 0 Å². The van der Waals surface area contributed by atoms with Crippen LogP contribution >= 0.6 is 11.6 Å². The molecule has 0 bridgehead atoms. The number of aromatic nitrogens is 3. The van der Waals surface area contributed by atoms with Gasteiger partial charge in [-0.3, -0.25) is 0 Å². The third-order valence-corrected chi connectivity index (χ3v) is 5.15. The number of hydrogen-bond donors (Lipinski definition) is 0. The van der Waals surface area contributed by atoms with Crippen molar-refractivity contribution in [1.82, 2.24) is 14.8 Å². The van der Waals surface area contributed by atoms with Crippen LogP contribution < -0.4 is 0 Å². The molecule has 0 aliphatic carbocycles. The summed E-state index contributed by atoms with van der Waals surface area (Å²) in [5.41, 5.74) is 0. The second-order valence-corrected chi connectivity index (χ2v) is 7.59. The van der Waals surface area contributed by atoms with Crippen LogP contribution in [0.4, 0.5) is 0 Å².